The first-order valence-electron chi connectivity index (χ1n) is 6.05. The molecule has 1 atom stereocenters. The quantitative estimate of drug-likeness (QED) is 0.713. The van der Waals surface area contributed by atoms with E-state index in [-0.39, 0.29) is 5.54 Å². The van der Waals surface area contributed by atoms with Crippen molar-refractivity contribution in [2.24, 2.45) is 0 Å². The Kier molecular flexibility index (Phi) is 4.35. The van der Waals surface area contributed by atoms with E-state index in [1.54, 1.807) is 0 Å². The minimum absolute atomic E-state index is 0.0762. The summed E-state index contributed by atoms with van der Waals surface area (Å²) in [5.74, 6) is 0. The average molecular weight is 229 g/mol. The first-order chi connectivity index (χ1) is 7.20. The lowest BCUT2D eigenvalue weighted by atomic mass is 10.1. The Morgan fingerprint density at radius 2 is 1.88 bits per heavy atom. The Hall–Kier alpha value is -0.160. The molecular weight excluding hydrogens is 202 g/mol. The van der Waals surface area contributed by atoms with E-state index in [9.17, 15) is 5.11 Å². The number of nitrogens with one attached hydrogen (secondary N) is 1. The number of likely N-dealkylation sites (N-methyl/N-ethyl adjacent to an activating group) is 1. The molecule has 2 N–H and O–H groups in total. The van der Waals surface area contributed by atoms with Crippen LogP contribution in [-0.4, -0.2) is 72.9 Å². The van der Waals surface area contributed by atoms with Crippen LogP contribution in [0.5, 0.6) is 0 Å². The van der Waals surface area contributed by atoms with Gasteiger partial charge in [0.1, 0.15) is 0 Å². The van der Waals surface area contributed by atoms with Gasteiger partial charge in [-0.2, -0.15) is 0 Å². The Labute approximate surface area is 99.6 Å². The van der Waals surface area contributed by atoms with Crippen molar-refractivity contribution in [3.63, 3.8) is 0 Å². The van der Waals surface area contributed by atoms with Gasteiger partial charge < -0.3 is 15.3 Å². The first kappa shape index (κ1) is 13.9. The summed E-state index contributed by atoms with van der Waals surface area (Å²) in [6, 6.07) is 0. The van der Waals surface area contributed by atoms with Crippen LogP contribution in [0.15, 0.2) is 0 Å². The topological polar surface area (TPSA) is 38.7 Å². The average Bonchev–Trinajstić information content (AvgIpc) is 2.20. The van der Waals surface area contributed by atoms with E-state index in [2.05, 4.69) is 43.1 Å². The summed E-state index contributed by atoms with van der Waals surface area (Å²) >= 11 is 0. The maximum absolute atomic E-state index is 10.2. The van der Waals surface area contributed by atoms with Crippen LogP contribution < -0.4 is 5.32 Å². The van der Waals surface area contributed by atoms with Crippen LogP contribution in [0.3, 0.4) is 0 Å². The van der Waals surface area contributed by atoms with Gasteiger partial charge in [-0.3, -0.25) is 4.90 Å². The normalized spacial score (nSPS) is 31.7. The second-order valence-corrected chi connectivity index (χ2v) is 6.25. The summed E-state index contributed by atoms with van der Waals surface area (Å²) < 4.78 is 0. The molecule has 96 valence electrons. The summed E-state index contributed by atoms with van der Waals surface area (Å²) in [7, 11) is 4.17. The van der Waals surface area contributed by atoms with Crippen molar-refractivity contribution in [2.45, 2.75) is 31.9 Å². The monoisotopic (exact) mass is 229 g/mol. The van der Waals surface area contributed by atoms with Crippen LogP contribution in [-0.2, 0) is 0 Å². The minimum atomic E-state index is -0.625. The standard InChI is InChI=1S/C12H27N3O/c1-11(2)9-15(7-6-14(4)5)10-12(3,16)8-13-11/h13,16H,6-10H2,1-5H3. The molecule has 0 aliphatic carbocycles. The highest BCUT2D eigenvalue weighted by molar-refractivity contribution is 4.93. The predicted molar refractivity (Wildman–Crippen MR) is 67.7 cm³/mol. The molecule has 0 amide bonds. The summed E-state index contributed by atoms with van der Waals surface area (Å²) in [6.07, 6.45) is 0. The largest absolute Gasteiger partial charge is 0.388 e. The van der Waals surface area contributed by atoms with Crippen LogP contribution in [0.1, 0.15) is 20.8 Å². The molecule has 0 saturated carbocycles. The van der Waals surface area contributed by atoms with Gasteiger partial charge in [0.05, 0.1) is 5.60 Å². The van der Waals surface area contributed by atoms with E-state index < -0.39 is 5.60 Å². The Morgan fingerprint density at radius 3 is 2.44 bits per heavy atom. The van der Waals surface area contributed by atoms with Crippen LogP contribution >= 0.6 is 0 Å². The molecule has 16 heavy (non-hydrogen) atoms. The van der Waals surface area contributed by atoms with Gasteiger partial charge in [-0.15, -0.1) is 0 Å². The molecule has 1 heterocycles. The molecule has 0 aromatic carbocycles. The van der Waals surface area contributed by atoms with Crippen molar-refractivity contribution >= 4 is 0 Å². The minimum Gasteiger partial charge on any atom is -0.388 e. The number of hydrogen-bond donors (Lipinski definition) is 2. The van der Waals surface area contributed by atoms with Crippen molar-refractivity contribution in [1.29, 1.82) is 0 Å². The van der Waals surface area contributed by atoms with Crippen LogP contribution in [0.2, 0.25) is 0 Å². The molecule has 0 aromatic heterocycles. The van der Waals surface area contributed by atoms with Gasteiger partial charge in [-0.1, -0.05) is 0 Å². The second-order valence-electron chi connectivity index (χ2n) is 6.25. The van der Waals surface area contributed by atoms with E-state index in [0.717, 1.165) is 26.2 Å². The third kappa shape index (κ3) is 4.78. The first-order valence-corrected chi connectivity index (χ1v) is 6.05. The van der Waals surface area contributed by atoms with E-state index in [1.165, 1.54) is 0 Å². The molecule has 1 fully saturated rings. The molecule has 0 bridgehead atoms. The highest BCUT2D eigenvalue weighted by Gasteiger charge is 2.33. The van der Waals surface area contributed by atoms with Crippen LogP contribution in [0, 0.1) is 0 Å². The van der Waals surface area contributed by atoms with Gasteiger partial charge in [0.2, 0.25) is 0 Å². The summed E-state index contributed by atoms with van der Waals surface area (Å²) in [5, 5.41) is 13.6. The zero-order chi connectivity index (χ0) is 12.4. The highest BCUT2D eigenvalue weighted by Crippen LogP contribution is 2.16. The van der Waals surface area contributed by atoms with Gasteiger partial charge in [0, 0.05) is 38.3 Å². The lowest BCUT2D eigenvalue weighted by Crippen LogP contribution is -2.47. The SMILES string of the molecule is CN(C)CCN1CC(C)(O)CNC(C)(C)C1. The van der Waals surface area contributed by atoms with Crippen molar-refractivity contribution in [1.82, 2.24) is 15.1 Å². The number of β-amino-alcohol motifs (C(OH)–C–C–N with tert-alkyl or cyclic N) is 1. The number of aliphatic hydroxyl groups is 1. The van der Waals surface area contributed by atoms with E-state index in [0.29, 0.717) is 6.54 Å². The third-order valence-electron chi connectivity index (χ3n) is 2.99. The maximum atomic E-state index is 10.2. The number of hydrogen-bond acceptors (Lipinski definition) is 4. The molecule has 1 unspecified atom stereocenters. The van der Waals surface area contributed by atoms with Gasteiger partial charge >= 0.3 is 0 Å². The second kappa shape index (κ2) is 5.00. The van der Waals surface area contributed by atoms with Crippen molar-refractivity contribution in [3.05, 3.63) is 0 Å². The maximum Gasteiger partial charge on any atom is 0.0869 e. The zero-order valence-corrected chi connectivity index (χ0v) is 11.4. The Bertz CT molecular complexity index is 208. The molecule has 0 spiro atoms. The fourth-order valence-corrected chi connectivity index (χ4v) is 2.14. The molecule has 4 nitrogen and oxygen atoms in total. The summed E-state index contributed by atoms with van der Waals surface area (Å²) in [6.45, 7) is 10.7. The van der Waals surface area contributed by atoms with Gasteiger partial charge in [0.15, 0.2) is 0 Å². The van der Waals surface area contributed by atoms with Crippen LogP contribution in [0.4, 0.5) is 0 Å². The number of nitrogens with zero attached hydrogens (tertiary/aromatic N) is 2. The summed E-state index contributed by atoms with van der Waals surface area (Å²) in [4.78, 5) is 4.53. The fraction of sp³-hybridized carbons (Fsp3) is 1.00. The van der Waals surface area contributed by atoms with Gasteiger partial charge in [-0.05, 0) is 34.9 Å². The Balaban J connectivity index is 2.59. The van der Waals surface area contributed by atoms with Crippen molar-refractivity contribution in [3.8, 4) is 0 Å². The molecule has 4 heteroatoms. The van der Waals surface area contributed by atoms with E-state index in [4.69, 9.17) is 0 Å². The van der Waals surface area contributed by atoms with E-state index in [1.807, 2.05) is 6.92 Å². The molecule has 1 aliphatic rings. The molecule has 0 radical (unpaired) electrons. The highest BCUT2D eigenvalue weighted by atomic mass is 16.3. The fourth-order valence-electron chi connectivity index (χ4n) is 2.14. The zero-order valence-electron chi connectivity index (χ0n) is 11.4. The molecule has 1 rings (SSSR count). The predicted octanol–water partition coefficient (Wildman–Crippen LogP) is -0.0172. The molecule has 1 aliphatic heterocycles. The lowest BCUT2D eigenvalue weighted by molar-refractivity contribution is 0.0328. The number of rotatable bonds is 3. The van der Waals surface area contributed by atoms with Crippen molar-refractivity contribution in [2.75, 3.05) is 46.8 Å². The Morgan fingerprint density at radius 1 is 1.25 bits per heavy atom. The molecule has 1 saturated heterocycles. The third-order valence-corrected chi connectivity index (χ3v) is 2.99. The van der Waals surface area contributed by atoms with Crippen molar-refractivity contribution < 1.29 is 5.11 Å². The van der Waals surface area contributed by atoms with Gasteiger partial charge in [-0.25, -0.2) is 0 Å². The molecular formula is C12H27N3O. The smallest absolute Gasteiger partial charge is 0.0869 e. The van der Waals surface area contributed by atoms with Gasteiger partial charge in [0.25, 0.3) is 0 Å². The summed E-state index contributed by atoms with van der Waals surface area (Å²) in [5.41, 5.74) is -0.549. The van der Waals surface area contributed by atoms with E-state index >= 15 is 0 Å². The molecule has 0 aromatic rings. The van der Waals surface area contributed by atoms with Crippen LogP contribution in [0.25, 0.3) is 0 Å². The lowest BCUT2D eigenvalue weighted by Gasteiger charge is -2.31.